The first-order valence-electron chi connectivity index (χ1n) is 4.28. The standard InChI is InChI=1S/C7H13ClN2O5S/c1-4(2)5(6(11)15-3)9-7(12)10-16(8,13)14/h4-5H,1-3H3,(H2,9,10,12)/t5-/m0/s1. The van der Waals surface area contributed by atoms with Crippen molar-refractivity contribution in [3.63, 3.8) is 0 Å². The molecule has 94 valence electrons. The normalized spacial score (nSPS) is 13.1. The zero-order valence-electron chi connectivity index (χ0n) is 8.98. The van der Waals surface area contributed by atoms with Crippen LogP contribution in [0.2, 0.25) is 0 Å². The van der Waals surface area contributed by atoms with E-state index < -0.39 is 27.3 Å². The first-order chi connectivity index (χ1) is 7.17. The average Bonchev–Trinajstić information content (AvgIpc) is 2.09. The van der Waals surface area contributed by atoms with E-state index in [1.165, 1.54) is 4.72 Å². The van der Waals surface area contributed by atoms with Crippen molar-refractivity contribution in [2.75, 3.05) is 7.11 Å². The lowest BCUT2D eigenvalue weighted by molar-refractivity contribution is -0.143. The molecule has 0 saturated carbocycles. The number of urea groups is 1. The third-order valence-electron chi connectivity index (χ3n) is 1.62. The van der Waals surface area contributed by atoms with Crippen LogP contribution in [0.3, 0.4) is 0 Å². The smallest absolute Gasteiger partial charge is 0.330 e. The molecule has 0 fully saturated rings. The van der Waals surface area contributed by atoms with E-state index in [0.717, 1.165) is 7.11 Å². The Balaban J connectivity index is 4.54. The first kappa shape index (κ1) is 15.0. The number of hydrogen-bond acceptors (Lipinski definition) is 5. The summed E-state index contributed by atoms with van der Waals surface area (Å²) in [5.74, 6) is -0.923. The molecule has 9 heteroatoms. The molecule has 2 amide bonds. The second kappa shape index (κ2) is 5.90. The summed E-state index contributed by atoms with van der Waals surface area (Å²) in [6, 6.07) is -2.03. The van der Waals surface area contributed by atoms with Gasteiger partial charge in [-0.15, -0.1) is 0 Å². The van der Waals surface area contributed by atoms with Gasteiger partial charge in [0.15, 0.2) is 0 Å². The molecule has 0 heterocycles. The summed E-state index contributed by atoms with van der Waals surface area (Å²) in [7, 11) is 1.78. The van der Waals surface area contributed by atoms with Gasteiger partial charge in [0.05, 0.1) is 7.11 Å². The van der Waals surface area contributed by atoms with Crippen molar-refractivity contribution in [3.05, 3.63) is 0 Å². The molecule has 0 saturated heterocycles. The Morgan fingerprint density at radius 1 is 1.31 bits per heavy atom. The van der Waals surface area contributed by atoms with Gasteiger partial charge in [0.1, 0.15) is 6.04 Å². The van der Waals surface area contributed by atoms with E-state index in [1.54, 1.807) is 13.8 Å². The van der Waals surface area contributed by atoms with Gasteiger partial charge in [-0.25, -0.2) is 14.3 Å². The van der Waals surface area contributed by atoms with Crippen LogP contribution >= 0.6 is 10.7 Å². The molecule has 0 aliphatic heterocycles. The van der Waals surface area contributed by atoms with Gasteiger partial charge >= 0.3 is 21.2 Å². The van der Waals surface area contributed by atoms with Gasteiger partial charge in [-0.2, -0.15) is 8.42 Å². The molecule has 0 aromatic rings. The van der Waals surface area contributed by atoms with Crippen LogP contribution in [0.15, 0.2) is 0 Å². The molecule has 0 bridgehead atoms. The quantitative estimate of drug-likeness (QED) is 0.553. The van der Waals surface area contributed by atoms with Crippen molar-refractivity contribution in [1.29, 1.82) is 0 Å². The third-order valence-corrected chi connectivity index (χ3v) is 2.28. The molecule has 0 radical (unpaired) electrons. The van der Waals surface area contributed by atoms with Gasteiger partial charge in [0, 0.05) is 10.7 Å². The van der Waals surface area contributed by atoms with Crippen molar-refractivity contribution in [3.8, 4) is 0 Å². The van der Waals surface area contributed by atoms with Crippen molar-refractivity contribution < 1.29 is 22.7 Å². The maximum absolute atomic E-state index is 11.2. The number of carbonyl (C=O) groups excluding carboxylic acids is 2. The predicted molar refractivity (Wildman–Crippen MR) is 57.1 cm³/mol. The highest BCUT2D eigenvalue weighted by Crippen LogP contribution is 2.03. The van der Waals surface area contributed by atoms with Crippen molar-refractivity contribution in [2.24, 2.45) is 5.92 Å². The number of methoxy groups -OCH3 is 1. The maximum Gasteiger partial charge on any atom is 0.330 e. The van der Waals surface area contributed by atoms with Crippen molar-refractivity contribution >= 4 is 31.9 Å². The molecule has 0 rings (SSSR count). The summed E-state index contributed by atoms with van der Waals surface area (Å²) in [6.45, 7) is 3.33. The molecule has 0 aromatic carbocycles. The lowest BCUT2D eigenvalue weighted by Crippen LogP contribution is -2.49. The fourth-order valence-electron chi connectivity index (χ4n) is 0.906. The van der Waals surface area contributed by atoms with E-state index in [9.17, 15) is 18.0 Å². The highest BCUT2D eigenvalue weighted by atomic mass is 35.7. The Morgan fingerprint density at radius 2 is 1.81 bits per heavy atom. The van der Waals surface area contributed by atoms with Gasteiger partial charge in [-0.1, -0.05) is 13.8 Å². The summed E-state index contributed by atoms with van der Waals surface area (Å²) >= 11 is 0. The van der Waals surface area contributed by atoms with Crippen LogP contribution in [0.5, 0.6) is 0 Å². The van der Waals surface area contributed by atoms with E-state index in [1.807, 2.05) is 0 Å². The maximum atomic E-state index is 11.2. The number of halogens is 1. The Bertz CT molecular complexity index is 367. The number of amides is 2. The topological polar surface area (TPSA) is 102 Å². The van der Waals surface area contributed by atoms with Gasteiger partial charge < -0.3 is 10.1 Å². The van der Waals surface area contributed by atoms with Gasteiger partial charge in [0.2, 0.25) is 0 Å². The fraction of sp³-hybridized carbons (Fsp3) is 0.714. The number of nitrogens with one attached hydrogen (secondary N) is 2. The molecule has 0 aromatic heterocycles. The number of hydrogen-bond donors (Lipinski definition) is 2. The number of rotatable bonds is 4. The highest BCUT2D eigenvalue weighted by Gasteiger charge is 2.25. The Hall–Kier alpha value is -1.02. The monoisotopic (exact) mass is 272 g/mol. The summed E-state index contributed by atoms with van der Waals surface area (Å²) in [5.41, 5.74) is 0. The molecule has 0 aliphatic carbocycles. The van der Waals surface area contributed by atoms with E-state index in [4.69, 9.17) is 10.7 Å². The summed E-state index contributed by atoms with van der Waals surface area (Å²) in [5, 5.41) is 2.14. The molecule has 2 N–H and O–H groups in total. The largest absolute Gasteiger partial charge is 0.467 e. The average molecular weight is 273 g/mol. The Labute approximate surface area is 98.0 Å². The number of ether oxygens (including phenoxy) is 1. The highest BCUT2D eigenvalue weighted by molar-refractivity contribution is 8.12. The van der Waals surface area contributed by atoms with Crippen LogP contribution in [0, 0.1) is 5.92 Å². The first-order valence-corrected chi connectivity index (χ1v) is 6.59. The second-order valence-corrected chi connectivity index (χ2v) is 5.56. The Morgan fingerprint density at radius 3 is 2.12 bits per heavy atom. The zero-order chi connectivity index (χ0) is 12.9. The van der Waals surface area contributed by atoms with Crippen LogP contribution in [-0.4, -0.2) is 33.6 Å². The summed E-state index contributed by atoms with van der Waals surface area (Å²) in [6.07, 6.45) is 0. The second-order valence-electron chi connectivity index (χ2n) is 3.26. The van der Waals surface area contributed by atoms with Gasteiger partial charge in [-0.3, -0.25) is 0 Å². The van der Waals surface area contributed by atoms with Crippen LogP contribution in [-0.2, 0) is 18.8 Å². The minimum atomic E-state index is -4.17. The molecule has 16 heavy (non-hydrogen) atoms. The van der Waals surface area contributed by atoms with Crippen LogP contribution < -0.4 is 10.0 Å². The van der Waals surface area contributed by atoms with Gasteiger partial charge in [0.25, 0.3) is 0 Å². The Kier molecular flexibility index (Phi) is 5.52. The predicted octanol–water partition coefficient (Wildman–Crippen LogP) is -0.0332. The van der Waals surface area contributed by atoms with E-state index in [-0.39, 0.29) is 5.92 Å². The van der Waals surface area contributed by atoms with Gasteiger partial charge in [-0.05, 0) is 5.92 Å². The van der Waals surface area contributed by atoms with Crippen LogP contribution in [0.4, 0.5) is 4.79 Å². The number of esters is 1. The molecule has 7 nitrogen and oxygen atoms in total. The lowest BCUT2D eigenvalue weighted by Gasteiger charge is -2.19. The minimum absolute atomic E-state index is 0.253. The zero-order valence-corrected chi connectivity index (χ0v) is 10.6. The molecular formula is C7H13ClN2O5S. The van der Waals surface area contributed by atoms with Crippen molar-refractivity contribution in [1.82, 2.24) is 10.0 Å². The van der Waals surface area contributed by atoms with Crippen LogP contribution in [0.1, 0.15) is 13.8 Å². The summed E-state index contributed by atoms with van der Waals surface area (Å²) < 4.78 is 26.9. The number of carbonyl (C=O) groups is 2. The van der Waals surface area contributed by atoms with Crippen LogP contribution in [0.25, 0.3) is 0 Å². The molecule has 0 unspecified atom stereocenters. The van der Waals surface area contributed by atoms with E-state index >= 15 is 0 Å². The SMILES string of the molecule is COC(=O)[C@@H](NC(=O)NS(=O)(=O)Cl)C(C)C. The molecular weight excluding hydrogens is 260 g/mol. The molecule has 1 atom stereocenters. The van der Waals surface area contributed by atoms with E-state index in [0.29, 0.717) is 0 Å². The fourth-order valence-corrected chi connectivity index (χ4v) is 1.40. The molecule has 0 spiro atoms. The minimum Gasteiger partial charge on any atom is -0.467 e. The molecule has 0 aliphatic rings. The summed E-state index contributed by atoms with van der Waals surface area (Å²) in [4.78, 5) is 22.3. The third kappa shape index (κ3) is 5.76. The van der Waals surface area contributed by atoms with Crippen molar-refractivity contribution in [2.45, 2.75) is 19.9 Å². The lowest BCUT2D eigenvalue weighted by atomic mass is 10.1. The van der Waals surface area contributed by atoms with E-state index in [2.05, 4.69) is 10.1 Å².